The summed E-state index contributed by atoms with van der Waals surface area (Å²) in [4.78, 5) is 35.8. The van der Waals surface area contributed by atoms with Crippen LogP contribution in [0.25, 0.3) is 0 Å². The molecule has 0 saturated heterocycles. The first-order valence-corrected chi connectivity index (χ1v) is 5.16. The van der Waals surface area contributed by atoms with E-state index in [-0.39, 0.29) is 22.5 Å². The van der Waals surface area contributed by atoms with E-state index < -0.39 is 17.5 Å². The summed E-state index contributed by atoms with van der Waals surface area (Å²) in [5.74, 6) is -2.20. The number of ketones is 2. The lowest BCUT2D eigenvalue weighted by Gasteiger charge is -2.18. The summed E-state index contributed by atoms with van der Waals surface area (Å²) in [6.07, 6.45) is 0. The zero-order valence-electron chi connectivity index (χ0n) is 9.85. The van der Waals surface area contributed by atoms with Crippen molar-refractivity contribution in [3.05, 3.63) is 46.7 Å². The fourth-order valence-corrected chi connectivity index (χ4v) is 1.83. The maximum absolute atomic E-state index is 12.1. The number of carbonyl (C=O) groups is 3. The number of methoxy groups -OCH3 is 2. The van der Waals surface area contributed by atoms with Gasteiger partial charge in [0.15, 0.2) is 11.3 Å². The van der Waals surface area contributed by atoms with E-state index in [1.807, 2.05) is 0 Å². The molecule has 1 aromatic rings. The van der Waals surface area contributed by atoms with Crippen molar-refractivity contribution in [1.82, 2.24) is 0 Å². The van der Waals surface area contributed by atoms with Crippen molar-refractivity contribution in [2.75, 3.05) is 14.2 Å². The predicted octanol–water partition coefficient (Wildman–Crippen LogP) is 1.14. The van der Waals surface area contributed by atoms with E-state index in [0.29, 0.717) is 0 Å². The highest BCUT2D eigenvalue weighted by Gasteiger charge is 2.37. The van der Waals surface area contributed by atoms with Gasteiger partial charge in [-0.25, -0.2) is 4.79 Å². The van der Waals surface area contributed by atoms with Crippen molar-refractivity contribution in [2.45, 2.75) is 0 Å². The van der Waals surface area contributed by atoms with Crippen LogP contribution >= 0.6 is 0 Å². The Morgan fingerprint density at radius 3 is 2.06 bits per heavy atom. The van der Waals surface area contributed by atoms with Gasteiger partial charge in [-0.15, -0.1) is 0 Å². The van der Waals surface area contributed by atoms with Gasteiger partial charge in [-0.05, 0) is 0 Å². The van der Waals surface area contributed by atoms with Crippen molar-refractivity contribution in [2.24, 2.45) is 0 Å². The molecule has 0 N–H and O–H groups in total. The molecule has 0 fully saturated rings. The number of ether oxygens (including phenoxy) is 2. The number of rotatable bonds is 2. The number of hydrogen-bond acceptors (Lipinski definition) is 5. The zero-order chi connectivity index (χ0) is 13.3. The molecule has 0 bridgehead atoms. The first-order chi connectivity index (χ1) is 8.61. The Labute approximate surface area is 103 Å². The zero-order valence-corrected chi connectivity index (χ0v) is 9.85. The second kappa shape index (κ2) is 4.44. The third-order valence-corrected chi connectivity index (χ3v) is 2.67. The summed E-state index contributed by atoms with van der Waals surface area (Å²) in [6.45, 7) is 0. The number of fused-ring (bicyclic) bond motifs is 1. The molecule has 1 aliphatic carbocycles. The fraction of sp³-hybridized carbons (Fsp3) is 0.154. The largest absolute Gasteiger partial charge is 0.492 e. The van der Waals surface area contributed by atoms with E-state index in [9.17, 15) is 14.4 Å². The van der Waals surface area contributed by atoms with E-state index in [2.05, 4.69) is 4.74 Å². The molecule has 5 heteroatoms. The molecule has 1 aliphatic rings. The first kappa shape index (κ1) is 12.0. The van der Waals surface area contributed by atoms with Gasteiger partial charge in [-0.1, -0.05) is 24.3 Å². The number of benzene rings is 1. The summed E-state index contributed by atoms with van der Waals surface area (Å²) in [7, 11) is 2.37. The molecule has 0 aromatic heterocycles. The highest BCUT2D eigenvalue weighted by Crippen LogP contribution is 2.27. The van der Waals surface area contributed by atoms with Crippen molar-refractivity contribution in [3.63, 3.8) is 0 Å². The lowest BCUT2D eigenvalue weighted by Crippen LogP contribution is -2.27. The predicted molar refractivity (Wildman–Crippen MR) is 61.2 cm³/mol. The van der Waals surface area contributed by atoms with Crippen molar-refractivity contribution < 1.29 is 23.9 Å². The first-order valence-electron chi connectivity index (χ1n) is 5.16. The maximum atomic E-state index is 12.1. The summed E-state index contributed by atoms with van der Waals surface area (Å²) in [6, 6.07) is 6.27. The van der Waals surface area contributed by atoms with Crippen LogP contribution in [0, 0.1) is 0 Å². The van der Waals surface area contributed by atoms with Gasteiger partial charge in [0.05, 0.1) is 14.2 Å². The summed E-state index contributed by atoms with van der Waals surface area (Å²) >= 11 is 0. The van der Waals surface area contributed by atoms with Gasteiger partial charge in [0.25, 0.3) is 0 Å². The van der Waals surface area contributed by atoms with Gasteiger partial charge in [-0.2, -0.15) is 0 Å². The van der Waals surface area contributed by atoms with Crippen LogP contribution in [0.4, 0.5) is 0 Å². The van der Waals surface area contributed by atoms with Crippen LogP contribution < -0.4 is 0 Å². The SMILES string of the molecule is COC(=O)C1=C(OC)C(=O)c2ccccc2C1=O. The average molecular weight is 246 g/mol. The molecule has 0 heterocycles. The molecule has 0 radical (unpaired) electrons. The average Bonchev–Trinajstić information content (AvgIpc) is 2.41. The Morgan fingerprint density at radius 2 is 1.56 bits per heavy atom. The van der Waals surface area contributed by atoms with Crippen LogP contribution in [0.1, 0.15) is 20.7 Å². The Kier molecular flexibility index (Phi) is 2.97. The minimum absolute atomic E-state index is 0.184. The van der Waals surface area contributed by atoms with Gasteiger partial charge >= 0.3 is 5.97 Å². The number of allylic oxidation sites excluding steroid dienone is 1. The van der Waals surface area contributed by atoms with Gasteiger partial charge < -0.3 is 9.47 Å². The van der Waals surface area contributed by atoms with E-state index in [4.69, 9.17) is 4.74 Å². The Balaban J connectivity index is 2.68. The summed E-state index contributed by atoms with van der Waals surface area (Å²) in [5, 5.41) is 0. The highest BCUT2D eigenvalue weighted by molar-refractivity contribution is 6.34. The number of carbonyl (C=O) groups excluding carboxylic acids is 3. The highest BCUT2D eigenvalue weighted by atomic mass is 16.5. The molecular formula is C13H10O5. The molecule has 0 saturated carbocycles. The number of hydrogen-bond donors (Lipinski definition) is 0. The van der Waals surface area contributed by atoms with E-state index in [0.717, 1.165) is 7.11 Å². The quantitative estimate of drug-likeness (QED) is 0.578. The van der Waals surface area contributed by atoms with E-state index in [1.165, 1.54) is 19.2 Å². The molecule has 0 aliphatic heterocycles. The van der Waals surface area contributed by atoms with Crippen LogP contribution in [0.5, 0.6) is 0 Å². The van der Waals surface area contributed by atoms with E-state index in [1.54, 1.807) is 12.1 Å². The van der Waals surface area contributed by atoms with Crippen LogP contribution in [0.2, 0.25) is 0 Å². The van der Waals surface area contributed by atoms with Gasteiger partial charge in [0, 0.05) is 11.1 Å². The Bertz CT molecular complexity index is 583. The lowest BCUT2D eigenvalue weighted by atomic mass is 9.88. The van der Waals surface area contributed by atoms with Crippen molar-refractivity contribution in [1.29, 1.82) is 0 Å². The third-order valence-electron chi connectivity index (χ3n) is 2.67. The minimum atomic E-state index is -0.875. The van der Waals surface area contributed by atoms with Gasteiger partial charge in [0.2, 0.25) is 11.6 Å². The smallest absolute Gasteiger partial charge is 0.345 e. The molecule has 0 atom stereocenters. The van der Waals surface area contributed by atoms with Gasteiger partial charge in [-0.3, -0.25) is 9.59 Å². The third kappa shape index (κ3) is 1.60. The number of Topliss-reactive ketones (excluding diaryl/α,β-unsaturated/α-hetero) is 2. The Hall–Kier alpha value is -2.43. The van der Waals surface area contributed by atoms with E-state index >= 15 is 0 Å². The maximum Gasteiger partial charge on any atom is 0.345 e. The molecule has 0 spiro atoms. The molecule has 5 nitrogen and oxygen atoms in total. The fourth-order valence-electron chi connectivity index (χ4n) is 1.83. The summed E-state index contributed by atoms with van der Waals surface area (Å²) in [5.41, 5.74) is 0.0550. The van der Waals surface area contributed by atoms with Crippen LogP contribution in [-0.4, -0.2) is 31.8 Å². The minimum Gasteiger partial charge on any atom is -0.492 e. The molecule has 2 rings (SSSR count). The molecule has 0 amide bonds. The topological polar surface area (TPSA) is 69.7 Å². The second-order valence-electron chi connectivity index (χ2n) is 3.60. The molecule has 1 aromatic carbocycles. The second-order valence-corrected chi connectivity index (χ2v) is 3.60. The van der Waals surface area contributed by atoms with Crippen LogP contribution in [0.3, 0.4) is 0 Å². The van der Waals surface area contributed by atoms with Crippen molar-refractivity contribution >= 4 is 17.5 Å². The molecule has 92 valence electrons. The van der Waals surface area contributed by atoms with Crippen LogP contribution in [0.15, 0.2) is 35.6 Å². The normalized spacial score (nSPS) is 14.3. The van der Waals surface area contributed by atoms with Gasteiger partial charge in [0.1, 0.15) is 0 Å². The lowest BCUT2D eigenvalue weighted by molar-refractivity contribution is -0.135. The number of esters is 1. The monoisotopic (exact) mass is 246 g/mol. The Morgan fingerprint density at radius 1 is 1.00 bits per heavy atom. The van der Waals surface area contributed by atoms with Crippen LogP contribution in [-0.2, 0) is 14.3 Å². The molecule has 18 heavy (non-hydrogen) atoms. The molecule has 0 unspecified atom stereocenters. The molecular weight excluding hydrogens is 236 g/mol. The summed E-state index contributed by atoms with van der Waals surface area (Å²) < 4.78 is 9.38. The van der Waals surface area contributed by atoms with Crippen molar-refractivity contribution in [3.8, 4) is 0 Å². The standard InChI is InChI=1S/C13H10O5/c1-17-12-9(13(16)18-2)10(14)7-5-3-4-6-8(7)11(12)15/h3-6H,1-2H3.